The van der Waals surface area contributed by atoms with Crippen LogP contribution < -0.4 is 19.7 Å². The van der Waals surface area contributed by atoms with Gasteiger partial charge in [-0.25, -0.2) is 0 Å². The monoisotopic (exact) mass is 411 g/mol. The van der Waals surface area contributed by atoms with Gasteiger partial charge < -0.3 is 24.4 Å². The van der Waals surface area contributed by atoms with E-state index in [9.17, 15) is 4.79 Å². The first-order valence-electron chi connectivity index (χ1n) is 10.8. The maximum Gasteiger partial charge on any atom is 0.258 e. The average Bonchev–Trinajstić information content (AvgIpc) is 3.27. The van der Waals surface area contributed by atoms with Crippen LogP contribution in [0.25, 0.3) is 0 Å². The molecule has 2 aromatic carbocycles. The summed E-state index contributed by atoms with van der Waals surface area (Å²) in [6.07, 6.45) is 3.45. The number of amides is 1. The lowest BCUT2D eigenvalue weighted by Gasteiger charge is -2.32. The minimum absolute atomic E-state index is 0.0343. The molecule has 2 aromatic rings. The topological polar surface area (TPSA) is 61.2 Å². The van der Waals surface area contributed by atoms with Gasteiger partial charge in [0.2, 0.25) is 0 Å². The van der Waals surface area contributed by atoms with E-state index >= 15 is 0 Å². The summed E-state index contributed by atoms with van der Waals surface area (Å²) in [5.41, 5.74) is 3.94. The molecule has 1 aliphatic carbocycles. The molecule has 2 aliphatic rings. The van der Waals surface area contributed by atoms with Crippen molar-refractivity contribution in [1.29, 1.82) is 0 Å². The quantitative estimate of drug-likeness (QED) is 0.688. The summed E-state index contributed by atoms with van der Waals surface area (Å²) in [6.45, 7) is 3.95. The Balaban J connectivity index is 1.34. The van der Waals surface area contributed by atoms with E-state index < -0.39 is 0 Å². The van der Waals surface area contributed by atoms with Crippen molar-refractivity contribution in [3.63, 3.8) is 0 Å². The number of quaternary nitrogens is 1. The van der Waals surface area contributed by atoms with Crippen LogP contribution in [0.1, 0.15) is 29.2 Å². The number of hydrogen-bond donors (Lipinski definition) is 2. The number of carbonyl (C=O) groups is 1. The number of benzene rings is 2. The van der Waals surface area contributed by atoms with Crippen LogP contribution in [0.15, 0.2) is 42.5 Å². The number of hydrogen-bond acceptors (Lipinski definition) is 4. The second kappa shape index (κ2) is 9.96. The Hall–Kier alpha value is -2.57. The van der Waals surface area contributed by atoms with E-state index in [0.717, 1.165) is 50.6 Å². The second-order valence-electron chi connectivity index (χ2n) is 7.97. The molecule has 0 spiro atoms. The minimum atomic E-state index is -0.0957. The molecule has 1 aliphatic heterocycles. The van der Waals surface area contributed by atoms with Gasteiger partial charge in [0.1, 0.15) is 30.6 Å². The number of carbonyl (C=O) groups excluding carboxylic acids is 1. The Kier molecular flexibility index (Phi) is 6.87. The molecule has 6 nitrogen and oxygen atoms in total. The van der Waals surface area contributed by atoms with Crippen molar-refractivity contribution in [2.75, 3.05) is 46.6 Å². The van der Waals surface area contributed by atoms with Crippen LogP contribution in [-0.2, 0) is 22.4 Å². The first-order valence-corrected chi connectivity index (χ1v) is 10.8. The lowest BCUT2D eigenvalue weighted by Crippen LogP contribution is -3.15. The number of ether oxygens (including phenoxy) is 3. The van der Waals surface area contributed by atoms with Gasteiger partial charge >= 0.3 is 0 Å². The molecule has 1 saturated heterocycles. The lowest BCUT2D eigenvalue weighted by atomic mass is 10.0. The molecule has 1 atom stereocenters. The van der Waals surface area contributed by atoms with Crippen LogP contribution in [0.5, 0.6) is 11.5 Å². The molecule has 4 rings (SSSR count). The van der Waals surface area contributed by atoms with E-state index in [1.54, 1.807) is 7.11 Å². The minimum Gasteiger partial charge on any atom is -0.497 e. The van der Waals surface area contributed by atoms with Gasteiger partial charge in [-0.15, -0.1) is 0 Å². The molecule has 0 unspecified atom stereocenters. The van der Waals surface area contributed by atoms with Crippen molar-refractivity contribution in [1.82, 2.24) is 5.32 Å². The molecule has 1 amide bonds. The van der Waals surface area contributed by atoms with Crippen molar-refractivity contribution in [3.8, 4) is 11.5 Å². The molecule has 0 bridgehead atoms. The third-order valence-electron chi connectivity index (χ3n) is 6.09. The number of aryl methyl sites for hydroxylation is 2. The molecule has 0 saturated carbocycles. The van der Waals surface area contributed by atoms with E-state index in [-0.39, 0.29) is 18.6 Å². The van der Waals surface area contributed by atoms with Gasteiger partial charge in [-0.05, 0) is 66.8 Å². The highest BCUT2D eigenvalue weighted by atomic mass is 16.5. The summed E-state index contributed by atoms with van der Waals surface area (Å²) < 4.78 is 16.6. The van der Waals surface area contributed by atoms with Gasteiger partial charge in [0.15, 0.2) is 6.61 Å². The third-order valence-corrected chi connectivity index (χ3v) is 6.09. The first kappa shape index (κ1) is 20.7. The molecule has 30 heavy (non-hydrogen) atoms. The van der Waals surface area contributed by atoms with Gasteiger partial charge in [0.25, 0.3) is 5.91 Å². The maximum absolute atomic E-state index is 12.5. The van der Waals surface area contributed by atoms with Crippen LogP contribution in [0, 0.1) is 0 Å². The molecule has 160 valence electrons. The first-order chi connectivity index (χ1) is 14.7. The van der Waals surface area contributed by atoms with Crippen LogP contribution in [-0.4, -0.2) is 52.5 Å². The van der Waals surface area contributed by atoms with Crippen LogP contribution in [0.2, 0.25) is 0 Å². The molecular weight excluding hydrogens is 380 g/mol. The summed E-state index contributed by atoms with van der Waals surface area (Å²) in [6, 6.07) is 14.4. The molecule has 1 fully saturated rings. The van der Waals surface area contributed by atoms with Crippen molar-refractivity contribution in [2.24, 2.45) is 0 Å². The van der Waals surface area contributed by atoms with Gasteiger partial charge in [-0.2, -0.15) is 0 Å². The molecule has 0 aromatic heterocycles. The SMILES string of the molecule is COc1ccc([C@H](CNC(=O)COc2ccc3c(c2)CCC3)[NH+]2CCOCC2)cc1. The van der Waals surface area contributed by atoms with Crippen molar-refractivity contribution < 1.29 is 23.9 Å². The standard InChI is InChI=1S/C24H30N2O4/c1-28-21-8-6-19(7-9-21)23(26-11-13-29-14-12-26)16-25-24(27)17-30-22-10-5-18-3-2-4-20(18)15-22/h5-10,15,23H,2-4,11-14,16-17H2,1H3,(H,25,27)/p+1/t23-/m0/s1. The van der Waals surface area contributed by atoms with Gasteiger partial charge in [-0.3, -0.25) is 4.79 Å². The summed E-state index contributed by atoms with van der Waals surface area (Å²) in [4.78, 5) is 13.9. The zero-order valence-electron chi connectivity index (χ0n) is 17.6. The summed E-state index contributed by atoms with van der Waals surface area (Å²) in [7, 11) is 1.67. The Bertz CT molecular complexity index is 847. The van der Waals surface area contributed by atoms with Gasteiger partial charge in [0.05, 0.1) is 26.9 Å². The molecule has 6 heteroatoms. The smallest absolute Gasteiger partial charge is 0.258 e. The molecule has 2 N–H and O–H groups in total. The van der Waals surface area contributed by atoms with Crippen LogP contribution in [0.4, 0.5) is 0 Å². The maximum atomic E-state index is 12.5. The number of fused-ring (bicyclic) bond motifs is 1. The fourth-order valence-corrected chi connectivity index (χ4v) is 4.37. The predicted molar refractivity (Wildman–Crippen MR) is 114 cm³/mol. The number of methoxy groups -OCH3 is 1. The Morgan fingerprint density at radius 2 is 1.80 bits per heavy atom. The van der Waals surface area contributed by atoms with Crippen LogP contribution >= 0.6 is 0 Å². The molecule has 1 heterocycles. The summed E-state index contributed by atoms with van der Waals surface area (Å²) in [5.74, 6) is 1.51. The third kappa shape index (κ3) is 5.12. The van der Waals surface area contributed by atoms with Gasteiger partial charge in [0, 0.05) is 5.56 Å². The van der Waals surface area contributed by atoms with Crippen molar-refractivity contribution in [3.05, 3.63) is 59.2 Å². The second-order valence-corrected chi connectivity index (χ2v) is 7.97. The van der Waals surface area contributed by atoms with Crippen molar-refractivity contribution in [2.45, 2.75) is 25.3 Å². The highest BCUT2D eigenvalue weighted by molar-refractivity contribution is 5.77. The van der Waals surface area contributed by atoms with E-state index in [2.05, 4.69) is 29.6 Å². The van der Waals surface area contributed by atoms with Crippen LogP contribution in [0.3, 0.4) is 0 Å². The van der Waals surface area contributed by atoms with Crippen molar-refractivity contribution >= 4 is 5.91 Å². The zero-order chi connectivity index (χ0) is 20.8. The number of morpholine rings is 1. The Labute approximate surface area is 178 Å². The normalized spacial score (nSPS) is 17.2. The number of nitrogens with one attached hydrogen (secondary N) is 2. The zero-order valence-corrected chi connectivity index (χ0v) is 17.6. The molecular formula is C24H31N2O4+. The lowest BCUT2D eigenvalue weighted by molar-refractivity contribution is -0.937. The van der Waals surface area contributed by atoms with E-state index in [1.165, 1.54) is 28.0 Å². The molecule has 0 radical (unpaired) electrons. The van der Waals surface area contributed by atoms with Gasteiger partial charge in [-0.1, -0.05) is 6.07 Å². The Morgan fingerprint density at radius 3 is 2.57 bits per heavy atom. The Morgan fingerprint density at radius 1 is 1.07 bits per heavy atom. The number of rotatable bonds is 8. The van der Waals surface area contributed by atoms with E-state index in [1.807, 2.05) is 18.2 Å². The summed E-state index contributed by atoms with van der Waals surface area (Å²) in [5, 5.41) is 3.07. The highest BCUT2D eigenvalue weighted by Gasteiger charge is 2.27. The fourth-order valence-electron chi connectivity index (χ4n) is 4.37. The largest absolute Gasteiger partial charge is 0.497 e. The fraction of sp³-hybridized carbons (Fsp3) is 0.458. The highest BCUT2D eigenvalue weighted by Crippen LogP contribution is 2.26. The van der Waals surface area contributed by atoms with E-state index in [4.69, 9.17) is 14.2 Å². The predicted octanol–water partition coefficient (Wildman–Crippen LogP) is 1.34. The average molecular weight is 412 g/mol. The van der Waals surface area contributed by atoms with E-state index in [0.29, 0.717) is 6.54 Å². The summed E-state index contributed by atoms with van der Waals surface area (Å²) >= 11 is 0.